The van der Waals surface area contributed by atoms with Gasteiger partial charge in [0.2, 0.25) is 0 Å². The van der Waals surface area contributed by atoms with Crippen LogP contribution in [0.3, 0.4) is 0 Å². The zero-order valence-corrected chi connectivity index (χ0v) is 20.1. The maximum Gasteiger partial charge on any atom is 0.416 e. The fraction of sp³-hybridized carbons (Fsp3) is 0.385. The monoisotopic (exact) mass is 504 g/mol. The molecule has 1 heterocycles. The number of aromatic nitrogens is 2. The number of carbonyl (C=O) groups excluding carboxylic acids is 2. The number of carbonyl (C=O) groups is 2. The molecule has 3 rings (SSSR count). The van der Waals surface area contributed by atoms with Crippen molar-refractivity contribution >= 4 is 22.8 Å². The fourth-order valence-corrected chi connectivity index (χ4v) is 3.69. The van der Waals surface area contributed by atoms with E-state index < -0.39 is 23.3 Å². The van der Waals surface area contributed by atoms with E-state index in [4.69, 9.17) is 9.47 Å². The fourth-order valence-electron chi connectivity index (χ4n) is 3.69. The standard InChI is InChI=1S/C26H27F3N2O5/c1-3-4-14-36-23(32)11-6-5-10-22-30-21-15-17(25(34)35-2)12-13-20(21)24(33)31(22)19-9-7-8-18(16-19)26(27,28)29/h7-9,12-13,15-16H,3-6,10-11,14H2,1-2H3. The zero-order valence-electron chi connectivity index (χ0n) is 20.1. The molecule has 3 aromatic rings. The first-order valence-electron chi connectivity index (χ1n) is 11.6. The molecule has 36 heavy (non-hydrogen) atoms. The summed E-state index contributed by atoms with van der Waals surface area (Å²) in [6.45, 7) is 2.35. The summed E-state index contributed by atoms with van der Waals surface area (Å²) in [6, 6.07) is 8.66. The first-order chi connectivity index (χ1) is 17.2. The summed E-state index contributed by atoms with van der Waals surface area (Å²) in [5.74, 6) is -0.718. The lowest BCUT2D eigenvalue weighted by atomic mass is 10.1. The molecule has 0 fully saturated rings. The molecule has 0 saturated heterocycles. The summed E-state index contributed by atoms with van der Waals surface area (Å²) in [5, 5.41) is 0.142. The number of ether oxygens (including phenoxy) is 2. The Morgan fingerprint density at radius 2 is 1.83 bits per heavy atom. The van der Waals surface area contributed by atoms with Gasteiger partial charge >= 0.3 is 18.1 Å². The van der Waals surface area contributed by atoms with Gasteiger partial charge in [-0.2, -0.15) is 13.2 Å². The Morgan fingerprint density at radius 1 is 1.06 bits per heavy atom. The molecule has 0 aliphatic heterocycles. The lowest BCUT2D eigenvalue weighted by Crippen LogP contribution is -2.24. The maximum absolute atomic E-state index is 13.4. The summed E-state index contributed by atoms with van der Waals surface area (Å²) in [6.07, 6.45) is -1.61. The molecule has 0 radical (unpaired) electrons. The molecule has 10 heteroatoms. The van der Waals surface area contributed by atoms with Crippen molar-refractivity contribution in [3.63, 3.8) is 0 Å². The second-order valence-electron chi connectivity index (χ2n) is 8.22. The van der Waals surface area contributed by atoms with E-state index in [2.05, 4.69) is 4.98 Å². The van der Waals surface area contributed by atoms with E-state index in [0.717, 1.165) is 29.5 Å². The van der Waals surface area contributed by atoms with Crippen LogP contribution in [0.25, 0.3) is 16.6 Å². The van der Waals surface area contributed by atoms with Gasteiger partial charge in [-0.05, 0) is 55.7 Å². The highest BCUT2D eigenvalue weighted by Crippen LogP contribution is 2.30. The van der Waals surface area contributed by atoms with Gasteiger partial charge in [-0.3, -0.25) is 14.2 Å². The van der Waals surface area contributed by atoms with Crippen molar-refractivity contribution in [3.8, 4) is 5.69 Å². The summed E-state index contributed by atoms with van der Waals surface area (Å²) >= 11 is 0. The first kappa shape index (κ1) is 26.9. The van der Waals surface area contributed by atoms with Gasteiger partial charge in [0.05, 0.1) is 41.4 Å². The van der Waals surface area contributed by atoms with Crippen LogP contribution in [0.2, 0.25) is 0 Å². The molecule has 192 valence electrons. The molecule has 0 aliphatic rings. The van der Waals surface area contributed by atoms with Crippen molar-refractivity contribution in [2.75, 3.05) is 13.7 Å². The topological polar surface area (TPSA) is 87.5 Å². The van der Waals surface area contributed by atoms with Crippen molar-refractivity contribution in [3.05, 3.63) is 69.8 Å². The summed E-state index contributed by atoms with van der Waals surface area (Å²) < 4.78 is 51.0. The van der Waals surface area contributed by atoms with Crippen LogP contribution in [0.5, 0.6) is 0 Å². The van der Waals surface area contributed by atoms with E-state index in [1.807, 2.05) is 6.92 Å². The molecule has 2 aromatic carbocycles. The minimum atomic E-state index is -4.59. The number of nitrogens with zero attached hydrogens (tertiary/aromatic N) is 2. The number of benzene rings is 2. The Hall–Kier alpha value is -3.69. The lowest BCUT2D eigenvalue weighted by Gasteiger charge is -2.16. The minimum absolute atomic E-state index is 0.0234. The van der Waals surface area contributed by atoms with Gasteiger partial charge in [0, 0.05) is 12.8 Å². The molecular weight excluding hydrogens is 477 g/mol. The van der Waals surface area contributed by atoms with Gasteiger partial charge in [-0.15, -0.1) is 0 Å². The normalized spacial score (nSPS) is 11.5. The van der Waals surface area contributed by atoms with E-state index in [9.17, 15) is 27.6 Å². The third kappa shape index (κ3) is 6.50. The van der Waals surface area contributed by atoms with Crippen LogP contribution in [-0.2, 0) is 26.9 Å². The first-order valence-corrected chi connectivity index (χ1v) is 11.6. The van der Waals surface area contributed by atoms with Gasteiger partial charge in [0.1, 0.15) is 5.82 Å². The molecule has 0 atom stereocenters. The number of rotatable bonds is 10. The number of unbranched alkanes of at least 4 members (excludes halogenated alkanes) is 2. The Morgan fingerprint density at radius 3 is 2.53 bits per heavy atom. The number of halogens is 3. The number of fused-ring (bicyclic) bond motifs is 1. The highest BCUT2D eigenvalue weighted by Gasteiger charge is 2.31. The van der Waals surface area contributed by atoms with E-state index >= 15 is 0 Å². The van der Waals surface area contributed by atoms with Gasteiger partial charge in [-0.25, -0.2) is 9.78 Å². The molecule has 0 spiro atoms. The van der Waals surface area contributed by atoms with Crippen molar-refractivity contribution in [1.82, 2.24) is 9.55 Å². The predicted octanol–water partition coefficient (Wildman–Crippen LogP) is 5.25. The summed E-state index contributed by atoms with van der Waals surface area (Å²) in [5.41, 5.74) is -1.02. The van der Waals surface area contributed by atoms with Crippen LogP contribution < -0.4 is 5.56 Å². The smallest absolute Gasteiger partial charge is 0.416 e. The molecule has 0 unspecified atom stereocenters. The van der Waals surface area contributed by atoms with E-state index in [-0.39, 0.29) is 46.8 Å². The van der Waals surface area contributed by atoms with Crippen LogP contribution in [0, 0.1) is 0 Å². The van der Waals surface area contributed by atoms with E-state index in [1.54, 1.807) is 0 Å². The van der Waals surface area contributed by atoms with Crippen molar-refractivity contribution in [2.24, 2.45) is 0 Å². The van der Waals surface area contributed by atoms with Gasteiger partial charge in [-0.1, -0.05) is 19.4 Å². The number of hydrogen-bond acceptors (Lipinski definition) is 6. The van der Waals surface area contributed by atoms with Crippen LogP contribution in [0.1, 0.15) is 60.8 Å². The Balaban J connectivity index is 1.98. The highest BCUT2D eigenvalue weighted by atomic mass is 19.4. The highest BCUT2D eigenvalue weighted by molar-refractivity contribution is 5.94. The Bertz CT molecular complexity index is 1300. The van der Waals surface area contributed by atoms with Gasteiger partial charge < -0.3 is 9.47 Å². The SMILES string of the molecule is CCCCOC(=O)CCCCc1nc2cc(C(=O)OC)ccc2c(=O)n1-c1cccc(C(F)(F)F)c1. The molecule has 7 nitrogen and oxygen atoms in total. The number of alkyl halides is 3. The van der Waals surface area contributed by atoms with Crippen LogP contribution in [-0.4, -0.2) is 35.2 Å². The molecule has 0 aliphatic carbocycles. The summed E-state index contributed by atoms with van der Waals surface area (Å²) in [4.78, 5) is 41.7. The van der Waals surface area contributed by atoms with E-state index in [0.29, 0.717) is 19.4 Å². The number of methoxy groups -OCH3 is 1. The third-order valence-corrected chi connectivity index (χ3v) is 5.58. The quantitative estimate of drug-likeness (QED) is 0.277. The van der Waals surface area contributed by atoms with Crippen molar-refractivity contribution in [1.29, 1.82) is 0 Å². The number of hydrogen-bond donors (Lipinski definition) is 0. The van der Waals surface area contributed by atoms with Crippen LogP contribution in [0.15, 0.2) is 47.3 Å². The zero-order chi connectivity index (χ0) is 26.3. The molecule has 0 saturated carbocycles. The molecule has 0 N–H and O–H groups in total. The van der Waals surface area contributed by atoms with Gasteiger partial charge in [0.25, 0.3) is 5.56 Å². The minimum Gasteiger partial charge on any atom is -0.466 e. The molecular formula is C26H27F3N2O5. The van der Waals surface area contributed by atoms with Crippen molar-refractivity contribution < 1.29 is 32.2 Å². The molecule has 0 bridgehead atoms. The number of esters is 2. The lowest BCUT2D eigenvalue weighted by molar-refractivity contribution is -0.144. The van der Waals surface area contributed by atoms with E-state index in [1.165, 1.54) is 37.4 Å². The Labute approximate surface area is 205 Å². The third-order valence-electron chi connectivity index (χ3n) is 5.58. The summed E-state index contributed by atoms with van der Waals surface area (Å²) in [7, 11) is 1.23. The number of aryl methyl sites for hydroxylation is 1. The second-order valence-corrected chi connectivity index (χ2v) is 8.22. The van der Waals surface area contributed by atoms with Crippen molar-refractivity contribution in [2.45, 2.75) is 51.6 Å². The predicted molar refractivity (Wildman–Crippen MR) is 127 cm³/mol. The van der Waals surface area contributed by atoms with Crippen LogP contribution in [0.4, 0.5) is 13.2 Å². The second kappa shape index (κ2) is 11.8. The van der Waals surface area contributed by atoms with Crippen LogP contribution >= 0.6 is 0 Å². The average Bonchev–Trinajstić information content (AvgIpc) is 2.85. The molecule has 0 amide bonds. The van der Waals surface area contributed by atoms with Gasteiger partial charge in [0.15, 0.2) is 0 Å². The maximum atomic E-state index is 13.4. The molecule has 1 aromatic heterocycles. The average molecular weight is 505 g/mol. The largest absolute Gasteiger partial charge is 0.466 e. The Kier molecular flexibility index (Phi) is 8.84.